The molecule has 1 N–H and O–H groups in total. The Labute approximate surface area is 148 Å². The predicted molar refractivity (Wildman–Crippen MR) is 96.8 cm³/mol. The first-order chi connectivity index (χ1) is 11.7. The fourth-order valence-electron chi connectivity index (χ4n) is 2.82. The van der Waals surface area contributed by atoms with Crippen LogP contribution in [0.4, 0.5) is 0 Å². The lowest BCUT2D eigenvalue weighted by atomic mass is 10.2. The van der Waals surface area contributed by atoms with E-state index < -0.39 is 0 Å². The van der Waals surface area contributed by atoms with Crippen LogP contribution in [-0.2, 0) is 4.74 Å². The Morgan fingerprint density at radius 2 is 2.04 bits per heavy atom. The molecule has 1 unspecified atom stereocenters. The summed E-state index contributed by atoms with van der Waals surface area (Å²) in [7, 11) is 1.98. The van der Waals surface area contributed by atoms with Crippen LogP contribution in [0, 0.1) is 0 Å². The van der Waals surface area contributed by atoms with E-state index in [1.165, 1.54) is 0 Å². The molecule has 6 nitrogen and oxygen atoms in total. The summed E-state index contributed by atoms with van der Waals surface area (Å²) in [6.07, 6.45) is -0.0242. The number of morpholine rings is 1. The van der Waals surface area contributed by atoms with Crippen molar-refractivity contribution in [1.29, 1.82) is 0 Å². The van der Waals surface area contributed by atoms with Gasteiger partial charge in [-0.1, -0.05) is 12.1 Å². The molecule has 1 fully saturated rings. The predicted octanol–water partition coefficient (Wildman–Crippen LogP) is 0.965. The number of nitrogens with zero attached hydrogens (tertiary/aromatic N) is 2. The quantitative estimate of drug-likeness (QED) is 0.793. The summed E-state index contributed by atoms with van der Waals surface area (Å²) in [4.78, 5) is 4.39. The topological polar surface area (TPSA) is 46.2 Å². The Morgan fingerprint density at radius 1 is 1.29 bits per heavy atom. The average Bonchev–Trinajstić information content (AvgIpc) is 2.62. The van der Waals surface area contributed by atoms with Crippen molar-refractivity contribution in [3.8, 4) is 11.5 Å². The number of fused-ring (bicyclic) bond motifs is 1. The SMILES string of the molecule is CN(CC1COc2ccccc2O1)C(=S)NCCN1CCOCC1. The lowest BCUT2D eigenvalue weighted by molar-refractivity contribution is 0.0388. The Bertz CT molecular complexity index is 552. The molecule has 0 bridgehead atoms. The minimum Gasteiger partial charge on any atom is -0.486 e. The highest BCUT2D eigenvalue weighted by atomic mass is 32.1. The molecule has 0 spiro atoms. The van der Waals surface area contributed by atoms with Crippen LogP contribution in [0.25, 0.3) is 0 Å². The highest BCUT2D eigenvalue weighted by Crippen LogP contribution is 2.30. The van der Waals surface area contributed by atoms with Gasteiger partial charge in [0.25, 0.3) is 0 Å². The number of hydrogen-bond acceptors (Lipinski definition) is 5. The molecule has 1 atom stereocenters. The van der Waals surface area contributed by atoms with Gasteiger partial charge in [0, 0.05) is 33.2 Å². The number of nitrogens with one attached hydrogen (secondary N) is 1. The molecule has 3 rings (SSSR count). The van der Waals surface area contributed by atoms with Gasteiger partial charge in [-0.05, 0) is 24.4 Å². The van der Waals surface area contributed by atoms with Gasteiger partial charge in [-0.25, -0.2) is 0 Å². The van der Waals surface area contributed by atoms with Crippen molar-refractivity contribution in [3.05, 3.63) is 24.3 Å². The third-order valence-corrected chi connectivity index (χ3v) is 4.66. The van der Waals surface area contributed by atoms with Crippen molar-refractivity contribution in [1.82, 2.24) is 15.1 Å². The molecule has 1 aromatic rings. The molecule has 0 radical (unpaired) electrons. The first-order valence-corrected chi connectivity index (χ1v) is 8.81. The molecule has 0 aromatic heterocycles. The third kappa shape index (κ3) is 4.72. The van der Waals surface area contributed by atoms with E-state index >= 15 is 0 Å². The summed E-state index contributed by atoms with van der Waals surface area (Å²) < 4.78 is 17.1. The van der Waals surface area contributed by atoms with E-state index in [0.717, 1.165) is 56.0 Å². The number of para-hydroxylation sites is 2. The van der Waals surface area contributed by atoms with Crippen molar-refractivity contribution in [3.63, 3.8) is 0 Å². The van der Waals surface area contributed by atoms with Gasteiger partial charge in [-0.3, -0.25) is 4.90 Å². The van der Waals surface area contributed by atoms with Gasteiger partial charge >= 0.3 is 0 Å². The zero-order valence-electron chi connectivity index (χ0n) is 14.1. The number of hydrogen-bond donors (Lipinski definition) is 1. The van der Waals surface area contributed by atoms with E-state index in [1.807, 2.05) is 36.2 Å². The van der Waals surface area contributed by atoms with Crippen molar-refractivity contribution in [2.24, 2.45) is 0 Å². The number of benzene rings is 1. The molecule has 24 heavy (non-hydrogen) atoms. The van der Waals surface area contributed by atoms with Crippen LogP contribution in [0.15, 0.2) is 24.3 Å². The van der Waals surface area contributed by atoms with Gasteiger partial charge in [0.15, 0.2) is 22.7 Å². The maximum atomic E-state index is 5.98. The van der Waals surface area contributed by atoms with E-state index in [9.17, 15) is 0 Å². The van der Waals surface area contributed by atoms with Gasteiger partial charge in [0.1, 0.15) is 6.61 Å². The molecule has 0 amide bonds. The summed E-state index contributed by atoms with van der Waals surface area (Å²) in [5.41, 5.74) is 0. The molecule has 7 heteroatoms. The molecule has 0 saturated carbocycles. The number of ether oxygens (including phenoxy) is 3. The van der Waals surface area contributed by atoms with Crippen LogP contribution in [-0.4, -0.2) is 80.6 Å². The second-order valence-corrected chi connectivity index (χ2v) is 6.45. The van der Waals surface area contributed by atoms with Crippen LogP contribution in [0.5, 0.6) is 11.5 Å². The van der Waals surface area contributed by atoms with E-state index in [-0.39, 0.29) is 6.10 Å². The lowest BCUT2D eigenvalue weighted by Gasteiger charge is -2.31. The van der Waals surface area contributed by atoms with Crippen LogP contribution in [0.2, 0.25) is 0 Å². The van der Waals surface area contributed by atoms with Gasteiger partial charge in [-0.2, -0.15) is 0 Å². The fourth-order valence-corrected chi connectivity index (χ4v) is 3.00. The zero-order chi connectivity index (χ0) is 16.8. The maximum absolute atomic E-state index is 5.98. The highest BCUT2D eigenvalue weighted by Gasteiger charge is 2.22. The van der Waals surface area contributed by atoms with Crippen molar-refractivity contribution >= 4 is 17.3 Å². The van der Waals surface area contributed by atoms with Crippen molar-refractivity contribution < 1.29 is 14.2 Å². The van der Waals surface area contributed by atoms with E-state index in [1.54, 1.807) is 0 Å². The third-order valence-electron chi connectivity index (χ3n) is 4.20. The summed E-state index contributed by atoms with van der Waals surface area (Å²) in [6, 6.07) is 7.75. The van der Waals surface area contributed by atoms with Crippen molar-refractivity contribution in [2.45, 2.75) is 6.10 Å². The standard InChI is InChI=1S/C17H25N3O3S/c1-19(17(24)18-6-7-20-8-10-21-11-9-20)12-14-13-22-15-4-2-3-5-16(15)23-14/h2-5,14H,6-13H2,1H3,(H,18,24). The second kappa shape index (κ2) is 8.50. The Balaban J connectivity index is 1.38. The van der Waals surface area contributed by atoms with Crippen LogP contribution >= 0.6 is 12.2 Å². The molecule has 1 aromatic carbocycles. The van der Waals surface area contributed by atoms with E-state index in [2.05, 4.69) is 10.2 Å². The summed E-state index contributed by atoms with van der Waals surface area (Å²) >= 11 is 5.47. The Morgan fingerprint density at radius 3 is 2.83 bits per heavy atom. The molecular weight excluding hydrogens is 326 g/mol. The van der Waals surface area contributed by atoms with Gasteiger partial charge in [-0.15, -0.1) is 0 Å². The molecule has 2 aliphatic rings. The Kier molecular flexibility index (Phi) is 6.12. The van der Waals surface area contributed by atoms with Gasteiger partial charge < -0.3 is 24.4 Å². The molecular formula is C17H25N3O3S. The van der Waals surface area contributed by atoms with Crippen LogP contribution in [0.1, 0.15) is 0 Å². The summed E-state index contributed by atoms with van der Waals surface area (Å²) in [5.74, 6) is 1.61. The second-order valence-electron chi connectivity index (χ2n) is 6.06. The summed E-state index contributed by atoms with van der Waals surface area (Å²) in [5, 5.41) is 4.06. The van der Waals surface area contributed by atoms with Gasteiger partial charge in [0.05, 0.1) is 19.8 Å². The van der Waals surface area contributed by atoms with E-state index in [4.69, 9.17) is 26.4 Å². The number of likely N-dealkylation sites (N-methyl/N-ethyl adjacent to an activating group) is 1. The number of thiocarbonyl (C=S) groups is 1. The first-order valence-electron chi connectivity index (χ1n) is 8.40. The van der Waals surface area contributed by atoms with Crippen LogP contribution < -0.4 is 14.8 Å². The van der Waals surface area contributed by atoms with E-state index in [0.29, 0.717) is 13.2 Å². The zero-order valence-corrected chi connectivity index (χ0v) is 14.9. The molecule has 0 aliphatic carbocycles. The first kappa shape index (κ1) is 17.3. The normalized spacial score (nSPS) is 20.5. The summed E-state index contributed by atoms with van der Waals surface area (Å²) in [6.45, 7) is 6.70. The smallest absolute Gasteiger partial charge is 0.168 e. The molecule has 1 saturated heterocycles. The Hall–Kier alpha value is -1.57. The minimum absolute atomic E-state index is 0.0242. The monoisotopic (exact) mass is 351 g/mol. The lowest BCUT2D eigenvalue weighted by Crippen LogP contribution is -2.47. The highest BCUT2D eigenvalue weighted by molar-refractivity contribution is 7.80. The fraction of sp³-hybridized carbons (Fsp3) is 0.588. The van der Waals surface area contributed by atoms with Gasteiger partial charge in [0.2, 0.25) is 0 Å². The minimum atomic E-state index is -0.0242. The average molecular weight is 351 g/mol. The molecule has 2 heterocycles. The number of rotatable bonds is 5. The van der Waals surface area contributed by atoms with Crippen LogP contribution in [0.3, 0.4) is 0 Å². The molecule has 2 aliphatic heterocycles. The maximum Gasteiger partial charge on any atom is 0.168 e. The largest absolute Gasteiger partial charge is 0.486 e. The molecule has 132 valence electrons. The van der Waals surface area contributed by atoms with Crippen molar-refractivity contribution in [2.75, 3.05) is 59.6 Å².